The van der Waals surface area contributed by atoms with Crippen LogP contribution in [0.3, 0.4) is 0 Å². The summed E-state index contributed by atoms with van der Waals surface area (Å²) >= 11 is 0. The Kier molecular flexibility index (Phi) is 2.25. The highest BCUT2D eigenvalue weighted by Crippen LogP contribution is 2.19. The number of methoxy groups -OCH3 is 1. The summed E-state index contributed by atoms with van der Waals surface area (Å²) in [6.45, 7) is 0.717. The molecule has 1 aliphatic rings. The van der Waals surface area contributed by atoms with E-state index >= 15 is 0 Å². The number of likely N-dealkylation sites (N-methyl/N-ethyl adjacent to an activating group) is 1. The van der Waals surface area contributed by atoms with Gasteiger partial charge in [-0.2, -0.15) is 0 Å². The molecule has 76 valence electrons. The van der Waals surface area contributed by atoms with E-state index in [4.69, 9.17) is 4.74 Å². The molecule has 1 atom stereocenters. The Hall–Kier alpha value is -1.36. The van der Waals surface area contributed by atoms with Crippen molar-refractivity contribution in [3.8, 4) is 0 Å². The lowest BCUT2D eigenvalue weighted by Crippen LogP contribution is -2.43. The Labute approximate surface area is 82.1 Å². The van der Waals surface area contributed by atoms with Crippen LogP contribution in [0.15, 0.2) is 6.33 Å². The maximum absolute atomic E-state index is 11.4. The molecule has 2 heterocycles. The summed E-state index contributed by atoms with van der Waals surface area (Å²) in [5.74, 6) is -0.193. The van der Waals surface area contributed by atoms with Crippen LogP contribution in [0.4, 0.5) is 0 Å². The number of H-pyrrole nitrogens is 1. The van der Waals surface area contributed by atoms with Crippen LogP contribution in [0, 0.1) is 0 Å². The van der Waals surface area contributed by atoms with Gasteiger partial charge >= 0.3 is 5.97 Å². The van der Waals surface area contributed by atoms with Gasteiger partial charge in [0.2, 0.25) is 0 Å². The molecule has 0 saturated carbocycles. The summed E-state index contributed by atoms with van der Waals surface area (Å²) in [7, 11) is 3.32. The van der Waals surface area contributed by atoms with Gasteiger partial charge in [0, 0.05) is 13.0 Å². The Balaban J connectivity index is 2.21. The quantitative estimate of drug-likeness (QED) is 0.638. The van der Waals surface area contributed by atoms with Crippen molar-refractivity contribution in [3.63, 3.8) is 0 Å². The van der Waals surface area contributed by atoms with Crippen molar-refractivity contribution in [2.75, 3.05) is 14.2 Å². The first kappa shape index (κ1) is 9.21. The zero-order chi connectivity index (χ0) is 10.1. The maximum atomic E-state index is 11.4. The summed E-state index contributed by atoms with van der Waals surface area (Å²) in [6, 6.07) is -0.198. The summed E-state index contributed by atoms with van der Waals surface area (Å²) in [4.78, 5) is 20.6. The second kappa shape index (κ2) is 3.42. The zero-order valence-electron chi connectivity index (χ0n) is 8.28. The number of ether oxygens (including phenoxy) is 1. The molecule has 1 aromatic heterocycles. The van der Waals surface area contributed by atoms with E-state index in [1.807, 2.05) is 11.9 Å². The van der Waals surface area contributed by atoms with E-state index in [1.54, 1.807) is 6.33 Å². The van der Waals surface area contributed by atoms with Gasteiger partial charge in [-0.25, -0.2) is 4.98 Å². The monoisotopic (exact) mass is 195 g/mol. The first-order chi connectivity index (χ1) is 6.72. The fourth-order valence-corrected chi connectivity index (χ4v) is 1.76. The third-order valence-electron chi connectivity index (χ3n) is 2.61. The zero-order valence-corrected chi connectivity index (χ0v) is 8.28. The van der Waals surface area contributed by atoms with Gasteiger partial charge in [0.25, 0.3) is 0 Å². The first-order valence-electron chi connectivity index (χ1n) is 4.51. The summed E-state index contributed by atoms with van der Waals surface area (Å²) < 4.78 is 4.73. The minimum atomic E-state index is -0.198. The molecular weight excluding hydrogens is 182 g/mol. The SMILES string of the molecule is COC(=O)[C@@H]1Cc2nc[nH]c2CN1C. The fourth-order valence-electron chi connectivity index (χ4n) is 1.76. The number of carbonyl (C=O) groups is 1. The molecule has 5 heteroatoms. The van der Waals surface area contributed by atoms with Gasteiger partial charge in [-0.1, -0.05) is 0 Å². The number of aromatic amines is 1. The third kappa shape index (κ3) is 1.39. The molecule has 0 saturated heterocycles. The predicted molar refractivity (Wildman–Crippen MR) is 49.6 cm³/mol. The highest BCUT2D eigenvalue weighted by molar-refractivity contribution is 5.76. The van der Waals surface area contributed by atoms with Crippen molar-refractivity contribution in [2.24, 2.45) is 0 Å². The number of fused-ring (bicyclic) bond motifs is 1. The number of nitrogens with one attached hydrogen (secondary N) is 1. The highest BCUT2D eigenvalue weighted by atomic mass is 16.5. The van der Waals surface area contributed by atoms with Crippen LogP contribution in [-0.2, 0) is 22.5 Å². The van der Waals surface area contributed by atoms with Crippen LogP contribution in [0.2, 0.25) is 0 Å². The number of hydrogen-bond donors (Lipinski definition) is 1. The van der Waals surface area contributed by atoms with Gasteiger partial charge in [0.15, 0.2) is 0 Å². The molecule has 0 bridgehead atoms. The molecule has 1 N–H and O–H groups in total. The second-order valence-electron chi connectivity index (χ2n) is 3.49. The van der Waals surface area contributed by atoms with E-state index in [-0.39, 0.29) is 12.0 Å². The predicted octanol–water partition coefficient (Wildman–Crippen LogP) is -0.0608. The molecule has 0 spiro atoms. The van der Waals surface area contributed by atoms with E-state index in [9.17, 15) is 4.79 Å². The van der Waals surface area contributed by atoms with E-state index < -0.39 is 0 Å². The summed E-state index contributed by atoms with van der Waals surface area (Å²) in [5, 5.41) is 0. The van der Waals surface area contributed by atoms with E-state index in [0.29, 0.717) is 6.42 Å². The molecule has 0 fully saturated rings. The number of esters is 1. The number of hydrogen-bond acceptors (Lipinski definition) is 4. The minimum Gasteiger partial charge on any atom is -0.468 e. The summed E-state index contributed by atoms with van der Waals surface area (Å²) in [5.41, 5.74) is 2.06. The molecular formula is C9H13N3O2. The van der Waals surface area contributed by atoms with Crippen molar-refractivity contribution in [3.05, 3.63) is 17.7 Å². The van der Waals surface area contributed by atoms with Gasteiger partial charge in [-0.15, -0.1) is 0 Å². The van der Waals surface area contributed by atoms with Crippen LogP contribution in [0.5, 0.6) is 0 Å². The molecule has 2 rings (SSSR count). The molecule has 0 unspecified atom stereocenters. The van der Waals surface area contributed by atoms with Gasteiger partial charge in [0.1, 0.15) is 6.04 Å². The minimum absolute atomic E-state index is 0.193. The van der Waals surface area contributed by atoms with Gasteiger partial charge in [-0.05, 0) is 7.05 Å². The first-order valence-corrected chi connectivity index (χ1v) is 4.51. The Morgan fingerprint density at radius 2 is 2.57 bits per heavy atom. The van der Waals surface area contributed by atoms with Gasteiger partial charge < -0.3 is 9.72 Å². The van der Waals surface area contributed by atoms with Crippen molar-refractivity contribution >= 4 is 5.97 Å². The fraction of sp³-hybridized carbons (Fsp3) is 0.556. The molecule has 0 aliphatic carbocycles. The van der Waals surface area contributed by atoms with Crippen molar-refractivity contribution in [1.29, 1.82) is 0 Å². The Morgan fingerprint density at radius 3 is 3.29 bits per heavy atom. The van der Waals surface area contributed by atoms with Gasteiger partial charge in [0.05, 0.1) is 24.8 Å². The van der Waals surface area contributed by atoms with Crippen molar-refractivity contribution in [2.45, 2.75) is 19.0 Å². The van der Waals surface area contributed by atoms with Crippen molar-refractivity contribution in [1.82, 2.24) is 14.9 Å². The lowest BCUT2D eigenvalue weighted by Gasteiger charge is -2.29. The van der Waals surface area contributed by atoms with E-state index in [1.165, 1.54) is 7.11 Å². The topological polar surface area (TPSA) is 58.2 Å². The standard InChI is InChI=1S/C9H13N3O2/c1-12-4-7-6(10-5-11-7)3-8(12)9(13)14-2/h5,8H,3-4H2,1-2H3,(H,10,11)/t8-/m0/s1. The van der Waals surface area contributed by atoms with E-state index in [2.05, 4.69) is 9.97 Å². The summed E-state index contributed by atoms with van der Waals surface area (Å²) in [6.07, 6.45) is 2.29. The number of imidazole rings is 1. The number of nitrogens with zero attached hydrogens (tertiary/aromatic N) is 2. The van der Waals surface area contributed by atoms with Crippen molar-refractivity contribution < 1.29 is 9.53 Å². The molecule has 14 heavy (non-hydrogen) atoms. The average Bonchev–Trinajstić information content (AvgIpc) is 2.62. The van der Waals surface area contributed by atoms with Crippen LogP contribution in [-0.4, -0.2) is 41.0 Å². The van der Waals surface area contributed by atoms with E-state index in [0.717, 1.165) is 17.9 Å². The largest absolute Gasteiger partial charge is 0.468 e. The van der Waals surface area contributed by atoms with Crippen LogP contribution >= 0.6 is 0 Å². The number of rotatable bonds is 1. The Morgan fingerprint density at radius 1 is 1.79 bits per heavy atom. The molecule has 0 aromatic carbocycles. The molecule has 1 aliphatic heterocycles. The normalized spacial score (nSPS) is 21.7. The lowest BCUT2D eigenvalue weighted by molar-refractivity contribution is -0.147. The maximum Gasteiger partial charge on any atom is 0.323 e. The number of carbonyl (C=O) groups excluding carboxylic acids is 1. The van der Waals surface area contributed by atoms with Crippen LogP contribution in [0.25, 0.3) is 0 Å². The molecule has 1 aromatic rings. The second-order valence-corrected chi connectivity index (χ2v) is 3.49. The smallest absolute Gasteiger partial charge is 0.323 e. The molecule has 0 radical (unpaired) electrons. The van der Waals surface area contributed by atoms with Crippen LogP contribution < -0.4 is 0 Å². The molecule has 0 amide bonds. The Bertz CT molecular complexity index is 348. The third-order valence-corrected chi connectivity index (χ3v) is 2.61. The average molecular weight is 195 g/mol. The number of aromatic nitrogens is 2. The van der Waals surface area contributed by atoms with Gasteiger partial charge in [-0.3, -0.25) is 9.69 Å². The van der Waals surface area contributed by atoms with Crippen LogP contribution in [0.1, 0.15) is 11.4 Å². The molecule has 5 nitrogen and oxygen atoms in total. The highest BCUT2D eigenvalue weighted by Gasteiger charge is 2.31. The lowest BCUT2D eigenvalue weighted by atomic mass is 10.0.